The van der Waals surface area contributed by atoms with E-state index in [-0.39, 0.29) is 0 Å². The second-order valence-electron chi connectivity index (χ2n) is 5.36. The van der Waals surface area contributed by atoms with E-state index >= 15 is 0 Å². The van der Waals surface area contributed by atoms with E-state index in [2.05, 4.69) is 41.1 Å². The van der Waals surface area contributed by atoms with Crippen molar-refractivity contribution in [2.75, 3.05) is 37.5 Å². The number of methoxy groups -OCH3 is 1. The van der Waals surface area contributed by atoms with Gasteiger partial charge in [0.05, 0.1) is 7.11 Å². The van der Waals surface area contributed by atoms with Crippen molar-refractivity contribution >= 4 is 11.6 Å². The first kappa shape index (κ1) is 13.9. The molecule has 106 valence electrons. The minimum Gasteiger partial charge on any atom is -0.490 e. The van der Waals surface area contributed by atoms with Gasteiger partial charge in [-0.15, -0.1) is 0 Å². The lowest BCUT2D eigenvalue weighted by Crippen LogP contribution is -2.23. The van der Waals surface area contributed by atoms with Gasteiger partial charge < -0.3 is 15.0 Å². The molecule has 1 saturated carbocycles. The molecule has 1 N–H and O–H groups in total. The number of ether oxygens (including phenoxy) is 1. The maximum Gasteiger partial charge on any atom is 0.204 e. The first-order valence-electron chi connectivity index (χ1n) is 7.01. The van der Waals surface area contributed by atoms with Gasteiger partial charge in [0.2, 0.25) is 5.75 Å². The molecule has 0 aliphatic heterocycles. The van der Waals surface area contributed by atoms with Crippen molar-refractivity contribution in [3.05, 3.63) is 6.33 Å². The predicted molar refractivity (Wildman–Crippen MR) is 77.9 cm³/mol. The SMILES string of the molecule is CCCNc1ncnc(N(C)CC2CC2C)c1OC. The Kier molecular flexibility index (Phi) is 4.45. The van der Waals surface area contributed by atoms with Gasteiger partial charge in [-0.1, -0.05) is 13.8 Å². The minimum absolute atomic E-state index is 0.742. The number of hydrogen-bond donors (Lipinski definition) is 1. The van der Waals surface area contributed by atoms with Crippen molar-refractivity contribution in [1.82, 2.24) is 9.97 Å². The number of rotatable bonds is 7. The molecule has 5 heteroatoms. The highest BCUT2D eigenvalue weighted by Gasteiger charge is 2.34. The summed E-state index contributed by atoms with van der Waals surface area (Å²) >= 11 is 0. The summed E-state index contributed by atoms with van der Waals surface area (Å²) in [7, 11) is 3.74. The van der Waals surface area contributed by atoms with E-state index in [1.807, 2.05) is 0 Å². The molecule has 1 heterocycles. The van der Waals surface area contributed by atoms with Crippen LogP contribution in [0.3, 0.4) is 0 Å². The molecule has 0 spiro atoms. The molecule has 0 bridgehead atoms. The first-order chi connectivity index (χ1) is 9.17. The minimum atomic E-state index is 0.742. The second kappa shape index (κ2) is 6.08. The fourth-order valence-electron chi connectivity index (χ4n) is 2.29. The third-order valence-corrected chi connectivity index (χ3v) is 3.68. The fraction of sp³-hybridized carbons (Fsp3) is 0.714. The molecule has 5 nitrogen and oxygen atoms in total. The Morgan fingerprint density at radius 3 is 2.79 bits per heavy atom. The molecule has 1 fully saturated rings. The third kappa shape index (κ3) is 3.28. The first-order valence-corrected chi connectivity index (χ1v) is 7.01. The molecule has 0 radical (unpaired) electrons. The lowest BCUT2D eigenvalue weighted by molar-refractivity contribution is 0.412. The number of aromatic nitrogens is 2. The zero-order valence-corrected chi connectivity index (χ0v) is 12.3. The Bertz CT molecular complexity index is 424. The highest BCUT2D eigenvalue weighted by atomic mass is 16.5. The Balaban J connectivity index is 2.13. The molecule has 1 aliphatic carbocycles. The summed E-state index contributed by atoms with van der Waals surface area (Å²) in [5.74, 6) is 4.02. The normalized spacial score (nSPS) is 21.1. The van der Waals surface area contributed by atoms with Crippen molar-refractivity contribution in [3.8, 4) is 5.75 Å². The average molecular weight is 264 g/mol. The van der Waals surface area contributed by atoms with Crippen LogP contribution in [0.1, 0.15) is 26.7 Å². The van der Waals surface area contributed by atoms with Gasteiger partial charge in [0.1, 0.15) is 6.33 Å². The third-order valence-electron chi connectivity index (χ3n) is 3.68. The average Bonchev–Trinajstić information content (AvgIpc) is 3.11. The standard InChI is InChI=1S/C14H24N4O/c1-5-6-15-13-12(19-4)14(17-9-16-13)18(3)8-11-7-10(11)2/h9-11H,5-8H2,1-4H3,(H,15,16,17). The molecule has 2 rings (SSSR count). The van der Waals surface area contributed by atoms with Crippen molar-refractivity contribution in [2.45, 2.75) is 26.7 Å². The molecule has 1 aliphatic rings. The zero-order valence-electron chi connectivity index (χ0n) is 12.3. The van der Waals surface area contributed by atoms with Crippen LogP contribution in [0.2, 0.25) is 0 Å². The van der Waals surface area contributed by atoms with Gasteiger partial charge >= 0.3 is 0 Å². The van der Waals surface area contributed by atoms with Crippen LogP contribution in [0, 0.1) is 11.8 Å². The van der Waals surface area contributed by atoms with Crippen molar-refractivity contribution in [1.29, 1.82) is 0 Å². The maximum atomic E-state index is 5.49. The van der Waals surface area contributed by atoms with E-state index < -0.39 is 0 Å². The highest BCUT2D eigenvalue weighted by molar-refractivity contribution is 5.64. The molecular weight excluding hydrogens is 240 g/mol. The Morgan fingerprint density at radius 1 is 1.47 bits per heavy atom. The molecule has 2 atom stereocenters. The lowest BCUT2D eigenvalue weighted by Gasteiger charge is -2.21. The summed E-state index contributed by atoms with van der Waals surface area (Å²) in [6, 6.07) is 0. The summed E-state index contributed by atoms with van der Waals surface area (Å²) in [5, 5.41) is 3.28. The molecular formula is C14H24N4O. The van der Waals surface area contributed by atoms with Gasteiger partial charge in [-0.05, 0) is 24.7 Å². The van der Waals surface area contributed by atoms with Crippen molar-refractivity contribution < 1.29 is 4.74 Å². The molecule has 0 amide bonds. The highest BCUT2D eigenvalue weighted by Crippen LogP contribution is 2.40. The fourth-order valence-corrected chi connectivity index (χ4v) is 2.29. The van der Waals surface area contributed by atoms with Crippen LogP contribution < -0.4 is 15.0 Å². The van der Waals surface area contributed by atoms with Gasteiger partial charge in [-0.25, -0.2) is 9.97 Å². The van der Waals surface area contributed by atoms with Gasteiger partial charge in [0, 0.05) is 20.1 Å². The van der Waals surface area contributed by atoms with Gasteiger partial charge in [-0.3, -0.25) is 0 Å². The summed E-state index contributed by atoms with van der Waals surface area (Å²) in [6.45, 7) is 6.34. The Morgan fingerprint density at radius 2 is 2.21 bits per heavy atom. The van der Waals surface area contributed by atoms with Gasteiger partial charge in [0.15, 0.2) is 11.6 Å². The van der Waals surface area contributed by atoms with Crippen LogP contribution in [-0.4, -0.2) is 37.2 Å². The summed E-state index contributed by atoms with van der Waals surface area (Å²) in [6.07, 6.45) is 3.97. The monoisotopic (exact) mass is 264 g/mol. The quantitative estimate of drug-likeness (QED) is 0.819. The van der Waals surface area contributed by atoms with E-state index in [9.17, 15) is 0 Å². The van der Waals surface area contributed by atoms with E-state index in [1.165, 1.54) is 6.42 Å². The largest absolute Gasteiger partial charge is 0.490 e. The van der Waals surface area contributed by atoms with Gasteiger partial charge in [0.25, 0.3) is 0 Å². The lowest BCUT2D eigenvalue weighted by atomic mass is 10.3. The van der Waals surface area contributed by atoms with Crippen LogP contribution in [0.4, 0.5) is 11.6 Å². The maximum absolute atomic E-state index is 5.49. The zero-order chi connectivity index (χ0) is 13.8. The topological polar surface area (TPSA) is 50.3 Å². The summed E-state index contributed by atoms with van der Waals surface area (Å²) < 4.78 is 5.49. The Hall–Kier alpha value is -1.52. The predicted octanol–water partition coefficient (Wildman–Crippen LogP) is 2.40. The van der Waals surface area contributed by atoms with Crippen LogP contribution in [-0.2, 0) is 0 Å². The molecule has 2 unspecified atom stereocenters. The smallest absolute Gasteiger partial charge is 0.204 e. The van der Waals surface area contributed by atoms with Crippen LogP contribution in [0.25, 0.3) is 0 Å². The summed E-state index contributed by atoms with van der Waals surface area (Å²) in [5.41, 5.74) is 0. The molecule has 19 heavy (non-hydrogen) atoms. The van der Waals surface area contributed by atoms with E-state index in [0.717, 1.165) is 48.7 Å². The molecule has 1 aromatic rings. The molecule has 0 saturated heterocycles. The Labute approximate surface area is 115 Å². The van der Waals surface area contributed by atoms with E-state index in [1.54, 1.807) is 13.4 Å². The van der Waals surface area contributed by atoms with Crippen LogP contribution in [0.5, 0.6) is 5.75 Å². The molecule has 1 aromatic heterocycles. The number of nitrogens with zero attached hydrogens (tertiary/aromatic N) is 3. The van der Waals surface area contributed by atoms with Crippen LogP contribution in [0.15, 0.2) is 6.33 Å². The van der Waals surface area contributed by atoms with Crippen molar-refractivity contribution in [3.63, 3.8) is 0 Å². The van der Waals surface area contributed by atoms with E-state index in [0.29, 0.717) is 0 Å². The molecule has 0 aromatic carbocycles. The van der Waals surface area contributed by atoms with Gasteiger partial charge in [-0.2, -0.15) is 0 Å². The second-order valence-corrected chi connectivity index (χ2v) is 5.36. The van der Waals surface area contributed by atoms with E-state index in [4.69, 9.17) is 4.74 Å². The summed E-state index contributed by atoms with van der Waals surface area (Å²) in [4.78, 5) is 10.8. The number of hydrogen-bond acceptors (Lipinski definition) is 5. The number of anilines is 2. The van der Waals surface area contributed by atoms with Crippen molar-refractivity contribution in [2.24, 2.45) is 11.8 Å². The number of nitrogens with one attached hydrogen (secondary N) is 1. The van der Waals surface area contributed by atoms with Crippen LogP contribution >= 0.6 is 0 Å².